The maximum absolute atomic E-state index is 12.4. The number of nitrogens with zero attached hydrogens (tertiary/aromatic N) is 1. The van der Waals surface area contributed by atoms with E-state index in [9.17, 15) is 14.7 Å². The second kappa shape index (κ2) is 3.91. The van der Waals surface area contributed by atoms with Crippen molar-refractivity contribution < 1.29 is 14.3 Å². The molecule has 1 amide bonds. The molecule has 2 heterocycles. The highest BCUT2D eigenvalue weighted by molar-refractivity contribution is 6.34. The molecule has 0 aliphatic carbocycles. The maximum Gasteiger partial charge on any atom is 0.273 e. The Bertz CT molecular complexity index is 941. The standard InChI is InChI=1S/C12H8ClN3O4/c13-5-3-8-16(10(5)11(15)18)12(19)9-6(17)1-4(14)2-7(9)20-8/h1-3,17H,14H2,(H2,15,18). The summed E-state index contributed by atoms with van der Waals surface area (Å²) in [7, 11) is 0. The molecule has 0 aliphatic rings. The van der Waals surface area contributed by atoms with E-state index in [4.69, 9.17) is 27.5 Å². The summed E-state index contributed by atoms with van der Waals surface area (Å²) in [6, 6.07) is 3.89. The number of phenols is 1. The van der Waals surface area contributed by atoms with Crippen molar-refractivity contribution in [2.45, 2.75) is 0 Å². The zero-order valence-corrected chi connectivity index (χ0v) is 10.6. The molecule has 2 aromatic heterocycles. The van der Waals surface area contributed by atoms with E-state index in [0.717, 1.165) is 4.40 Å². The highest BCUT2D eigenvalue weighted by Gasteiger charge is 2.20. The summed E-state index contributed by atoms with van der Waals surface area (Å²) in [6.07, 6.45) is 0. The van der Waals surface area contributed by atoms with Gasteiger partial charge in [0.25, 0.3) is 11.5 Å². The lowest BCUT2D eigenvalue weighted by Gasteiger charge is -2.04. The van der Waals surface area contributed by atoms with Crippen LogP contribution in [0.1, 0.15) is 10.5 Å². The molecular formula is C12H8ClN3O4. The summed E-state index contributed by atoms with van der Waals surface area (Å²) in [5, 5.41) is 9.70. The third kappa shape index (κ3) is 1.53. The minimum absolute atomic E-state index is 0.0129. The Morgan fingerprint density at radius 2 is 2.05 bits per heavy atom. The molecule has 20 heavy (non-hydrogen) atoms. The Balaban J connectivity index is 2.63. The van der Waals surface area contributed by atoms with Gasteiger partial charge in [-0.3, -0.25) is 9.59 Å². The summed E-state index contributed by atoms with van der Waals surface area (Å²) >= 11 is 5.87. The lowest BCUT2D eigenvalue weighted by molar-refractivity contribution is 0.0994. The molecule has 0 atom stereocenters. The first-order valence-corrected chi connectivity index (χ1v) is 5.84. The van der Waals surface area contributed by atoms with Gasteiger partial charge in [-0.1, -0.05) is 11.6 Å². The number of hydrogen-bond acceptors (Lipinski definition) is 5. The normalized spacial score (nSPS) is 11.2. The van der Waals surface area contributed by atoms with E-state index in [1.807, 2.05) is 0 Å². The van der Waals surface area contributed by atoms with Crippen LogP contribution in [0.15, 0.2) is 27.4 Å². The largest absolute Gasteiger partial charge is 0.507 e. The molecular weight excluding hydrogens is 286 g/mol. The minimum Gasteiger partial charge on any atom is -0.507 e. The number of phenolic OH excluding ortho intramolecular Hbond substituents is 1. The van der Waals surface area contributed by atoms with E-state index in [-0.39, 0.29) is 38.8 Å². The lowest BCUT2D eigenvalue weighted by Crippen LogP contribution is -2.22. The number of rotatable bonds is 1. The van der Waals surface area contributed by atoms with Gasteiger partial charge in [0, 0.05) is 23.9 Å². The quantitative estimate of drug-likeness (QED) is 0.579. The lowest BCUT2D eigenvalue weighted by atomic mass is 10.2. The SMILES string of the molecule is NC(=O)c1c(Cl)cc2oc3cc(N)cc(O)c3c(=O)n12. The first-order valence-electron chi connectivity index (χ1n) is 5.46. The average molecular weight is 294 g/mol. The van der Waals surface area contributed by atoms with Gasteiger partial charge in [0.05, 0.1) is 5.02 Å². The molecule has 3 rings (SSSR count). The van der Waals surface area contributed by atoms with Crippen molar-refractivity contribution in [1.29, 1.82) is 0 Å². The molecule has 0 fully saturated rings. The summed E-state index contributed by atoms with van der Waals surface area (Å²) in [4.78, 5) is 23.8. The van der Waals surface area contributed by atoms with Crippen LogP contribution >= 0.6 is 11.6 Å². The summed E-state index contributed by atoms with van der Waals surface area (Å²) in [6.45, 7) is 0. The van der Waals surface area contributed by atoms with Crippen molar-refractivity contribution in [3.05, 3.63) is 39.3 Å². The van der Waals surface area contributed by atoms with Crippen molar-refractivity contribution in [1.82, 2.24) is 4.40 Å². The van der Waals surface area contributed by atoms with Crippen LogP contribution in [0.25, 0.3) is 16.7 Å². The molecule has 0 bridgehead atoms. The highest BCUT2D eigenvalue weighted by Crippen LogP contribution is 2.28. The van der Waals surface area contributed by atoms with Gasteiger partial charge in [0.1, 0.15) is 22.4 Å². The number of fused-ring (bicyclic) bond motifs is 2. The average Bonchev–Trinajstić information content (AvgIpc) is 2.64. The number of amides is 1. The summed E-state index contributed by atoms with van der Waals surface area (Å²) in [5.41, 5.74) is 10.3. The predicted octanol–water partition coefficient (Wildman–Crippen LogP) is 1.09. The summed E-state index contributed by atoms with van der Waals surface area (Å²) < 4.78 is 6.35. The van der Waals surface area contributed by atoms with Crippen molar-refractivity contribution in [2.75, 3.05) is 5.73 Å². The molecule has 102 valence electrons. The van der Waals surface area contributed by atoms with Crippen LogP contribution < -0.4 is 17.0 Å². The van der Waals surface area contributed by atoms with Crippen LogP contribution in [0.2, 0.25) is 5.02 Å². The van der Waals surface area contributed by atoms with Crippen LogP contribution in [0.4, 0.5) is 5.69 Å². The van der Waals surface area contributed by atoms with E-state index in [1.54, 1.807) is 0 Å². The fraction of sp³-hybridized carbons (Fsp3) is 0. The fourth-order valence-electron chi connectivity index (χ4n) is 2.10. The Morgan fingerprint density at radius 1 is 1.35 bits per heavy atom. The molecule has 1 aromatic carbocycles. The molecule has 3 aromatic rings. The smallest absolute Gasteiger partial charge is 0.273 e. The molecule has 0 aliphatic heterocycles. The van der Waals surface area contributed by atoms with E-state index in [1.165, 1.54) is 18.2 Å². The Hall–Kier alpha value is -2.67. The van der Waals surface area contributed by atoms with Crippen LogP contribution in [0, 0.1) is 0 Å². The number of carbonyl (C=O) groups excluding carboxylic acids is 1. The van der Waals surface area contributed by atoms with Gasteiger partial charge < -0.3 is 21.0 Å². The van der Waals surface area contributed by atoms with Gasteiger partial charge in [0.2, 0.25) is 5.71 Å². The molecule has 5 N–H and O–H groups in total. The van der Waals surface area contributed by atoms with Crippen molar-refractivity contribution in [2.24, 2.45) is 5.73 Å². The molecule has 7 nitrogen and oxygen atoms in total. The monoisotopic (exact) mass is 293 g/mol. The van der Waals surface area contributed by atoms with E-state index in [0.29, 0.717) is 0 Å². The first kappa shape index (κ1) is 12.4. The number of aromatic nitrogens is 1. The predicted molar refractivity (Wildman–Crippen MR) is 73.0 cm³/mol. The van der Waals surface area contributed by atoms with Gasteiger partial charge in [-0.2, -0.15) is 0 Å². The molecule has 0 saturated carbocycles. The number of carbonyl (C=O) groups is 1. The molecule has 0 unspecified atom stereocenters. The number of halogens is 1. The zero-order valence-electron chi connectivity index (χ0n) is 9.88. The van der Waals surface area contributed by atoms with Gasteiger partial charge >= 0.3 is 0 Å². The number of nitrogen functional groups attached to an aromatic ring is 1. The third-order valence-electron chi connectivity index (χ3n) is 2.89. The number of benzene rings is 1. The molecule has 0 saturated heterocycles. The van der Waals surface area contributed by atoms with Crippen LogP contribution in [-0.2, 0) is 0 Å². The summed E-state index contributed by atoms with van der Waals surface area (Å²) in [5.74, 6) is -1.23. The zero-order chi connectivity index (χ0) is 14.6. The fourth-order valence-corrected chi connectivity index (χ4v) is 2.38. The Labute approximate surface area is 116 Å². The number of anilines is 1. The van der Waals surface area contributed by atoms with Crippen LogP contribution in [0.3, 0.4) is 0 Å². The second-order valence-electron chi connectivity index (χ2n) is 4.20. The minimum atomic E-state index is -0.878. The van der Waals surface area contributed by atoms with E-state index < -0.39 is 11.5 Å². The highest BCUT2D eigenvalue weighted by atomic mass is 35.5. The van der Waals surface area contributed by atoms with Crippen LogP contribution in [-0.4, -0.2) is 15.4 Å². The van der Waals surface area contributed by atoms with Gasteiger partial charge in [-0.25, -0.2) is 4.40 Å². The third-order valence-corrected chi connectivity index (χ3v) is 3.18. The topological polar surface area (TPSA) is 124 Å². The van der Waals surface area contributed by atoms with Gasteiger partial charge in [-0.15, -0.1) is 0 Å². The Morgan fingerprint density at radius 3 is 2.70 bits per heavy atom. The van der Waals surface area contributed by atoms with Crippen molar-refractivity contribution in [3.8, 4) is 5.75 Å². The van der Waals surface area contributed by atoms with Gasteiger partial charge in [0.15, 0.2) is 0 Å². The van der Waals surface area contributed by atoms with Crippen LogP contribution in [0.5, 0.6) is 5.75 Å². The Kier molecular flexibility index (Phi) is 2.42. The number of nitrogens with two attached hydrogens (primary N) is 2. The van der Waals surface area contributed by atoms with E-state index >= 15 is 0 Å². The van der Waals surface area contributed by atoms with Gasteiger partial charge in [-0.05, 0) is 0 Å². The number of primary amides is 1. The molecule has 0 radical (unpaired) electrons. The van der Waals surface area contributed by atoms with Crippen molar-refractivity contribution in [3.63, 3.8) is 0 Å². The second-order valence-corrected chi connectivity index (χ2v) is 4.61. The number of aromatic hydroxyl groups is 1. The molecule has 8 heteroatoms. The van der Waals surface area contributed by atoms with Crippen molar-refractivity contribution >= 4 is 39.9 Å². The maximum atomic E-state index is 12.4. The molecule has 0 spiro atoms. The van der Waals surface area contributed by atoms with E-state index in [2.05, 4.69) is 0 Å². The number of hydrogen-bond donors (Lipinski definition) is 3. The first-order chi connectivity index (χ1) is 9.40.